The first kappa shape index (κ1) is 22.8. The summed E-state index contributed by atoms with van der Waals surface area (Å²) < 4.78 is 90.4. The fourth-order valence-electron chi connectivity index (χ4n) is 3.09. The van der Waals surface area contributed by atoms with Gasteiger partial charge in [0.05, 0.1) is 11.1 Å². The van der Waals surface area contributed by atoms with Crippen molar-refractivity contribution in [3.8, 4) is 11.5 Å². The minimum absolute atomic E-state index is 0.0931. The lowest BCUT2D eigenvalue weighted by atomic mass is 10.1. The third-order valence-corrected chi connectivity index (χ3v) is 4.69. The molecule has 4 rings (SSSR count). The first-order valence-electron chi connectivity index (χ1n) is 9.41. The van der Waals surface area contributed by atoms with Gasteiger partial charge in [0.2, 0.25) is 0 Å². The van der Waals surface area contributed by atoms with Gasteiger partial charge in [0.1, 0.15) is 11.5 Å². The second-order valence-corrected chi connectivity index (χ2v) is 6.89. The molecule has 0 radical (unpaired) electrons. The molecule has 0 N–H and O–H groups in total. The lowest BCUT2D eigenvalue weighted by Gasteiger charge is -2.12. The van der Waals surface area contributed by atoms with Gasteiger partial charge in [-0.2, -0.15) is 0 Å². The van der Waals surface area contributed by atoms with Crippen molar-refractivity contribution >= 4 is 22.7 Å². The number of ether oxygens (including phenoxy) is 2. The first-order chi connectivity index (χ1) is 16.2. The summed E-state index contributed by atoms with van der Waals surface area (Å²) in [6.45, 7) is 0. The lowest BCUT2D eigenvalue weighted by molar-refractivity contribution is 0.0724. The molecule has 0 aliphatic carbocycles. The molecule has 4 aromatic carbocycles. The molecule has 0 spiro atoms. The third-order valence-electron chi connectivity index (χ3n) is 4.69. The molecule has 0 bridgehead atoms. The van der Waals surface area contributed by atoms with E-state index in [2.05, 4.69) is 0 Å². The summed E-state index contributed by atoms with van der Waals surface area (Å²) in [5.74, 6) is -12.4. The van der Waals surface area contributed by atoms with E-state index in [0.29, 0.717) is 24.3 Å². The predicted octanol–water partition coefficient (Wildman–Crippen LogP) is 6.11. The summed E-state index contributed by atoms with van der Waals surface area (Å²) in [7, 11) is 0. The van der Waals surface area contributed by atoms with Crippen LogP contribution in [0.2, 0.25) is 0 Å². The molecular weight excluding hydrogens is 466 g/mol. The highest BCUT2D eigenvalue weighted by atomic mass is 19.2. The maximum atomic E-state index is 13.4. The summed E-state index contributed by atoms with van der Waals surface area (Å²) in [6, 6.07) is 10.3. The van der Waals surface area contributed by atoms with Crippen LogP contribution in [-0.2, 0) is 0 Å². The van der Waals surface area contributed by atoms with Crippen molar-refractivity contribution in [2.45, 2.75) is 0 Å². The number of carbonyl (C=O) groups is 2. The number of hydrogen-bond acceptors (Lipinski definition) is 4. The van der Waals surface area contributed by atoms with Crippen LogP contribution in [-0.4, -0.2) is 11.9 Å². The van der Waals surface area contributed by atoms with Crippen LogP contribution in [0.5, 0.6) is 11.5 Å². The molecule has 0 saturated carbocycles. The van der Waals surface area contributed by atoms with Crippen molar-refractivity contribution in [2.24, 2.45) is 0 Å². The van der Waals surface area contributed by atoms with E-state index in [9.17, 15) is 35.9 Å². The highest BCUT2D eigenvalue weighted by molar-refractivity contribution is 5.99. The van der Waals surface area contributed by atoms with E-state index in [-0.39, 0.29) is 22.3 Å². The van der Waals surface area contributed by atoms with Gasteiger partial charge in [0.15, 0.2) is 34.9 Å². The van der Waals surface area contributed by atoms with Gasteiger partial charge in [-0.25, -0.2) is 35.9 Å². The molecule has 4 nitrogen and oxygen atoms in total. The Kier molecular flexibility index (Phi) is 5.97. The van der Waals surface area contributed by atoms with E-state index in [1.807, 2.05) is 0 Å². The van der Waals surface area contributed by atoms with Gasteiger partial charge in [0, 0.05) is 10.8 Å². The van der Waals surface area contributed by atoms with Crippen molar-refractivity contribution in [3.63, 3.8) is 0 Å². The Bertz CT molecular complexity index is 1310. The molecule has 172 valence electrons. The summed E-state index contributed by atoms with van der Waals surface area (Å²) in [5.41, 5.74) is -1.17. The van der Waals surface area contributed by atoms with Crippen LogP contribution in [0.3, 0.4) is 0 Å². The Balaban J connectivity index is 1.65. The van der Waals surface area contributed by atoms with Crippen LogP contribution in [0.4, 0.5) is 26.3 Å². The molecule has 0 fully saturated rings. The van der Waals surface area contributed by atoms with Crippen molar-refractivity contribution in [1.82, 2.24) is 0 Å². The standard InChI is InChI=1S/C24H10F6O4/c25-15-7-11(8-16(26)21(15)29)23(31)33-19-5-1-3-13-14(19)4-2-6-20(13)34-24(32)12-9-17(27)22(30)18(28)10-12/h1-10H. The second kappa shape index (κ2) is 8.89. The van der Waals surface area contributed by atoms with E-state index in [4.69, 9.17) is 9.47 Å². The highest BCUT2D eigenvalue weighted by Crippen LogP contribution is 2.33. The van der Waals surface area contributed by atoms with Gasteiger partial charge < -0.3 is 9.47 Å². The van der Waals surface area contributed by atoms with E-state index in [0.717, 1.165) is 0 Å². The van der Waals surface area contributed by atoms with Crippen molar-refractivity contribution in [3.05, 3.63) is 107 Å². The van der Waals surface area contributed by atoms with Gasteiger partial charge in [-0.15, -0.1) is 0 Å². The normalized spacial score (nSPS) is 10.9. The maximum Gasteiger partial charge on any atom is 0.343 e. The zero-order valence-electron chi connectivity index (χ0n) is 16.7. The minimum atomic E-state index is -1.74. The number of benzene rings is 4. The predicted molar refractivity (Wildman–Crippen MR) is 106 cm³/mol. The zero-order chi connectivity index (χ0) is 24.6. The summed E-state index contributed by atoms with van der Waals surface area (Å²) >= 11 is 0. The maximum absolute atomic E-state index is 13.4. The fraction of sp³-hybridized carbons (Fsp3) is 0. The zero-order valence-corrected chi connectivity index (χ0v) is 16.7. The van der Waals surface area contributed by atoms with E-state index < -0.39 is 58.0 Å². The van der Waals surface area contributed by atoms with E-state index in [1.165, 1.54) is 36.4 Å². The fourth-order valence-corrected chi connectivity index (χ4v) is 3.09. The molecule has 0 unspecified atom stereocenters. The summed E-state index contributed by atoms with van der Waals surface area (Å²) in [5, 5.41) is 0.446. The van der Waals surface area contributed by atoms with Crippen LogP contribution in [0.1, 0.15) is 20.7 Å². The quantitative estimate of drug-likeness (QED) is 0.154. The molecule has 0 aromatic heterocycles. The Hall–Kier alpha value is -4.34. The van der Waals surface area contributed by atoms with Crippen molar-refractivity contribution in [2.75, 3.05) is 0 Å². The molecular formula is C24H10F6O4. The Morgan fingerprint density at radius 3 is 1.18 bits per heavy atom. The lowest BCUT2D eigenvalue weighted by Crippen LogP contribution is -2.11. The second-order valence-electron chi connectivity index (χ2n) is 6.89. The number of halogens is 6. The molecule has 34 heavy (non-hydrogen) atoms. The minimum Gasteiger partial charge on any atom is -0.422 e. The van der Waals surface area contributed by atoms with Gasteiger partial charge in [0.25, 0.3) is 0 Å². The van der Waals surface area contributed by atoms with Crippen LogP contribution in [0, 0.1) is 34.9 Å². The molecule has 0 heterocycles. The summed E-state index contributed by atoms with van der Waals surface area (Å²) in [6.07, 6.45) is 0. The highest BCUT2D eigenvalue weighted by Gasteiger charge is 2.20. The van der Waals surface area contributed by atoms with E-state index in [1.54, 1.807) is 0 Å². The van der Waals surface area contributed by atoms with Gasteiger partial charge in [-0.1, -0.05) is 24.3 Å². The van der Waals surface area contributed by atoms with Gasteiger partial charge >= 0.3 is 11.9 Å². The number of fused-ring (bicyclic) bond motifs is 1. The third kappa shape index (κ3) is 4.29. The van der Waals surface area contributed by atoms with Gasteiger partial charge in [-0.3, -0.25) is 0 Å². The average molecular weight is 476 g/mol. The Morgan fingerprint density at radius 1 is 0.529 bits per heavy atom. The molecule has 0 atom stereocenters. The SMILES string of the molecule is O=C(Oc1cccc2c(OC(=O)c3cc(F)c(F)c(F)c3)cccc12)c1cc(F)c(F)c(F)c1. The number of carbonyl (C=O) groups excluding carboxylic acids is 2. The molecule has 0 aliphatic heterocycles. The van der Waals surface area contributed by atoms with Crippen LogP contribution in [0.15, 0.2) is 60.7 Å². The van der Waals surface area contributed by atoms with E-state index >= 15 is 0 Å². The topological polar surface area (TPSA) is 52.6 Å². The smallest absolute Gasteiger partial charge is 0.343 e. The average Bonchev–Trinajstić information content (AvgIpc) is 2.80. The van der Waals surface area contributed by atoms with Crippen molar-refractivity contribution in [1.29, 1.82) is 0 Å². The Labute approximate surface area is 187 Å². The largest absolute Gasteiger partial charge is 0.422 e. The molecule has 10 heteroatoms. The number of rotatable bonds is 4. The number of hydrogen-bond donors (Lipinski definition) is 0. The van der Waals surface area contributed by atoms with Crippen molar-refractivity contribution < 1.29 is 45.4 Å². The van der Waals surface area contributed by atoms with Crippen LogP contribution < -0.4 is 9.47 Å². The van der Waals surface area contributed by atoms with Gasteiger partial charge in [-0.05, 0) is 36.4 Å². The van der Waals surface area contributed by atoms with Crippen LogP contribution >= 0.6 is 0 Å². The molecule has 0 amide bonds. The molecule has 0 saturated heterocycles. The molecule has 0 aliphatic rings. The van der Waals surface area contributed by atoms with Crippen LogP contribution in [0.25, 0.3) is 10.8 Å². The monoisotopic (exact) mass is 476 g/mol. The Morgan fingerprint density at radius 2 is 0.853 bits per heavy atom. The molecule has 4 aromatic rings. The number of esters is 2. The summed E-state index contributed by atoms with van der Waals surface area (Å²) in [4.78, 5) is 24.7. The first-order valence-corrected chi connectivity index (χ1v) is 9.41.